The van der Waals surface area contributed by atoms with Crippen LogP contribution in [-0.4, -0.2) is 4.98 Å². The van der Waals surface area contributed by atoms with E-state index in [4.69, 9.17) is 9.40 Å². The molecule has 4 heteroatoms. The summed E-state index contributed by atoms with van der Waals surface area (Å²) in [4.78, 5) is 4.70. The third-order valence-electron chi connectivity index (χ3n) is 6.40. The Labute approximate surface area is 181 Å². The van der Waals surface area contributed by atoms with Crippen LogP contribution in [0.2, 0.25) is 0 Å². The third-order valence-corrected chi connectivity index (χ3v) is 6.40. The molecule has 0 unspecified atom stereocenters. The second-order valence-corrected chi connectivity index (χ2v) is 8.55. The Hall–Kier alpha value is -3.71. The number of furan rings is 1. The van der Waals surface area contributed by atoms with Crippen LogP contribution in [0.25, 0.3) is 44.1 Å². The molecule has 0 saturated carbocycles. The monoisotopic (exact) mass is 406 g/mol. The summed E-state index contributed by atoms with van der Waals surface area (Å²) >= 11 is 0. The van der Waals surface area contributed by atoms with Gasteiger partial charge in [0.2, 0.25) is 0 Å². The first kappa shape index (κ1) is 19.3. The number of aromatic nitrogens is 2. The summed E-state index contributed by atoms with van der Waals surface area (Å²) in [5.74, 6) is 0.435. The molecule has 4 nitrogen and oxygen atoms in total. The van der Waals surface area contributed by atoms with Crippen LogP contribution in [0.4, 0.5) is 0 Å². The second kappa shape index (κ2) is 6.92. The van der Waals surface area contributed by atoms with E-state index in [1.807, 2.05) is 44.6 Å². The van der Waals surface area contributed by atoms with Gasteiger partial charge in [-0.3, -0.25) is 0 Å². The molecule has 0 atom stereocenters. The van der Waals surface area contributed by atoms with E-state index in [0.717, 1.165) is 55.2 Å². The molecule has 2 heterocycles. The van der Waals surface area contributed by atoms with Crippen molar-refractivity contribution < 1.29 is 8.98 Å². The Morgan fingerprint density at radius 2 is 1.81 bits per heavy atom. The van der Waals surface area contributed by atoms with Crippen LogP contribution in [0.3, 0.4) is 0 Å². The number of hydrogen-bond donors (Lipinski definition) is 0. The fourth-order valence-electron chi connectivity index (χ4n) is 4.55. The minimum atomic E-state index is 0.435. The summed E-state index contributed by atoms with van der Waals surface area (Å²) in [6, 6.07) is 16.9. The summed E-state index contributed by atoms with van der Waals surface area (Å²) in [5.41, 5.74) is 8.58. The number of nitrogens with zero attached hydrogens (tertiary/aromatic N) is 3. The maximum atomic E-state index is 9.98. The lowest BCUT2D eigenvalue weighted by Crippen LogP contribution is -2.32. The van der Waals surface area contributed by atoms with Gasteiger partial charge >= 0.3 is 0 Å². The third kappa shape index (κ3) is 2.74. The first-order valence-electron chi connectivity index (χ1n) is 10.6. The summed E-state index contributed by atoms with van der Waals surface area (Å²) in [7, 11) is 2.01. The van der Waals surface area contributed by atoms with Crippen molar-refractivity contribution in [2.75, 3.05) is 0 Å². The van der Waals surface area contributed by atoms with Crippen molar-refractivity contribution in [1.82, 2.24) is 4.98 Å². The van der Waals surface area contributed by atoms with Crippen LogP contribution < -0.4 is 4.57 Å². The maximum absolute atomic E-state index is 9.98. The summed E-state index contributed by atoms with van der Waals surface area (Å²) < 4.78 is 8.45. The lowest BCUT2D eigenvalue weighted by atomic mass is 9.90. The first-order valence-corrected chi connectivity index (χ1v) is 10.6. The topological polar surface area (TPSA) is 53.7 Å². The largest absolute Gasteiger partial charge is 0.455 e. The van der Waals surface area contributed by atoms with Crippen molar-refractivity contribution in [1.29, 1.82) is 5.26 Å². The number of nitriles is 1. The van der Waals surface area contributed by atoms with Crippen LogP contribution in [0, 0.1) is 25.2 Å². The van der Waals surface area contributed by atoms with Crippen molar-refractivity contribution in [3.05, 3.63) is 71.0 Å². The number of rotatable bonds is 2. The number of para-hydroxylation sites is 1. The van der Waals surface area contributed by atoms with Crippen LogP contribution in [-0.2, 0) is 7.05 Å². The molecule has 0 saturated heterocycles. The summed E-state index contributed by atoms with van der Waals surface area (Å²) in [6.07, 6.45) is 1.86. The first-order chi connectivity index (χ1) is 14.9. The van der Waals surface area contributed by atoms with Gasteiger partial charge in [-0.25, -0.2) is 4.57 Å². The van der Waals surface area contributed by atoms with Gasteiger partial charge in [-0.2, -0.15) is 5.26 Å². The number of fused-ring (bicyclic) bond motifs is 4. The van der Waals surface area contributed by atoms with E-state index in [1.165, 1.54) is 5.56 Å². The molecule has 0 radical (unpaired) electrons. The standard InChI is InChI=1S/C27H24N3O/c1-15(2)18-10-11-19-22(12-18)29-14-30(5)26(19)24-17(4)16(3)21(13-28)25-20-8-6-7-9-23(20)31-27(24)25/h6-12,14-15H,1-5H3/q+1. The minimum absolute atomic E-state index is 0.435. The molecular formula is C27H24N3O+. The molecule has 152 valence electrons. The molecule has 0 aliphatic rings. The SMILES string of the molecule is Cc1c(C)c(C#N)c2c(oc3ccccc32)c1-c1c2ccc(C(C)C)cc2nc[n+]1C. The van der Waals surface area contributed by atoms with Crippen molar-refractivity contribution in [3.63, 3.8) is 0 Å². The highest BCUT2D eigenvalue weighted by Crippen LogP contribution is 2.42. The van der Waals surface area contributed by atoms with Gasteiger partial charge in [0, 0.05) is 10.8 Å². The fourth-order valence-corrected chi connectivity index (χ4v) is 4.55. The molecular weight excluding hydrogens is 382 g/mol. The number of aryl methyl sites for hydroxylation is 1. The van der Waals surface area contributed by atoms with Gasteiger partial charge in [0.1, 0.15) is 22.9 Å². The van der Waals surface area contributed by atoms with Crippen molar-refractivity contribution in [2.24, 2.45) is 7.05 Å². The van der Waals surface area contributed by atoms with Gasteiger partial charge in [0.15, 0.2) is 5.52 Å². The van der Waals surface area contributed by atoms with E-state index in [9.17, 15) is 5.26 Å². The lowest BCUT2D eigenvalue weighted by Gasteiger charge is -2.14. The molecule has 5 rings (SSSR count). The van der Waals surface area contributed by atoms with Gasteiger partial charge in [-0.05, 0) is 59.6 Å². The molecule has 0 fully saturated rings. The Kier molecular flexibility index (Phi) is 4.30. The van der Waals surface area contributed by atoms with Crippen molar-refractivity contribution >= 4 is 32.8 Å². The van der Waals surface area contributed by atoms with Crippen LogP contribution in [0.15, 0.2) is 53.2 Å². The van der Waals surface area contributed by atoms with Gasteiger partial charge in [-0.1, -0.05) is 38.1 Å². The molecule has 0 spiro atoms. The zero-order chi connectivity index (χ0) is 21.9. The van der Waals surface area contributed by atoms with E-state index >= 15 is 0 Å². The van der Waals surface area contributed by atoms with Crippen LogP contribution >= 0.6 is 0 Å². The van der Waals surface area contributed by atoms with E-state index in [0.29, 0.717) is 11.5 Å². The minimum Gasteiger partial charge on any atom is -0.455 e. The van der Waals surface area contributed by atoms with Crippen molar-refractivity contribution in [2.45, 2.75) is 33.6 Å². The molecule has 0 aliphatic heterocycles. The maximum Gasteiger partial charge on any atom is 0.287 e. The number of hydrogen-bond acceptors (Lipinski definition) is 3. The lowest BCUT2D eigenvalue weighted by molar-refractivity contribution is -0.662. The zero-order valence-electron chi connectivity index (χ0n) is 18.4. The quantitative estimate of drug-likeness (QED) is 0.326. The second-order valence-electron chi connectivity index (χ2n) is 8.55. The molecule has 0 N–H and O–H groups in total. The van der Waals surface area contributed by atoms with Crippen LogP contribution in [0.1, 0.15) is 42.0 Å². The number of benzene rings is 3. The predicted octanol–water partition coefficient (Wildman–Crippen LogP) is 6.24. The van der Waals surface area contributed by atoms with E-state index in [-0.39, 0.29) is 0 Å². The smallest absolute Gasteiger partial charge is 0.287 e. The Morgan fingerprint density at radius 3 is 2.55 bits per heavy atom. The average molecular weight is 407 g/mol. The molecule has 0 amide bonds. The van der Waals surface area contributed by atoms with Gasteiger partial charge in [0.05, 0.1) is 23.6 Å². The molecule has 5 aromatic rings. The normalized spacial score (nSPS) is 11.6. The average Bonchev–Trinajstić information content (AvgIpc) is 3.14. The van der Waals surface area contributed by atoms with Gasteiger partial charge in [0.25, 0.3) is 6.33 Å². The summed E-state index contributed by atoms with van der Waals surface area (Å²) in [6.45, 7) is 8.49. The molecule has 2 aromatic heterocycles. The Bertz CT molecular complexity index is 1550. The zero-order valence-corrected chi connectivity index (χ0v) is 18.4. The van der Waals surface area contributed by atoms with E-state index < -0.39 is 0 Å². The molecule has 31 heavy (non-hydrogen) atoms. The Balaban J connectivity index is 1.99. The Morgan fingerprint density at radius 1 is 1.03 bits per heavy atom. The van der Waals surface area contributed by atoms with Gasteiger partial charge < -0.3 is 4.42 Å². The summed E-state index contributed by atoms with van der Waals surface area (Å²) in [5, 5.41) is 12.9. The van der Waals surface area contributed by atoms with Crippen molar-refractivity contribution in [3.8, 4) is 17.3 Å². The predicted molar refractivity (Wildman–Crippen MR) is 124 cm³/mol. The van der Waals surface area contributed by atoms with Gasteiger partial charge in [-0.15, -0.1) is 0 Å². The van der Waals surface area contributed by atoms with E-state index in [2.05, 4.69) is 49.6 Å². The molecule has 3 aromatic carbocycles. The van der Waals surface area contributed by atoms with E-state index in [1.54, 1.807) is 0 Å². The molecule has 0 bridgehead atoms. The highest BCUT2D eigenvalue weighted by molar-refractivity contribution is 6.14. The highest BCUT2D eigenvalue weighted by atomic mass is 16.3. The highest BCUT2D eigenvalue weighted by Gasteiger charge is 2.26. The molecule has 0 aliphatic carbocycles. The van der Waals surface area contributed by atoms with Crippen LogP contribution in [0.5, 0.6) is 0 Å². The fraction of sp³-hybridized carbons (Fsp3) is 0.222.